The molecule has 1 N–H and O–H groups in total. The van der Waals surface area contributed by atoms with Gasteiger partial charge >= 0.3 is 0 Å². The molecule has 0 saturated heterocycles. The van der Waals surface area contributed by atoms with E-state index in [2.05, 4.69) is 40.3 Å². The summed E-state index contributed by atoms with van der Waals surface area (Å²) in [5.74, 6) is 0.899. The molecule has 0 heterocycles. The van der Waals surface area contributed by atoms with Crippen LogP contribution in [0.3, 0.4) is 0 Å². The van der Waals surface area contributed by atoms with Crippen LogP contribution in [0.15, 0.2) is 16.6 Å². The van der Waals surface area contributed by atoms with Crippen molar-refractivity contribution in [3.63, 3.8) is 0 Å². The van der Waals surface area contributed by atoms with Crippen LogP contribution in [0.4, 0.5) is 0 Å². The van der Waals surface area contributed by atoms with Crippen LogP contribution in [0, 0.1) is 6.92 Å². The summed E-state index contributed by atoms with van der Waals surface area (Å²) in [7, 11) is 3.65. The van der Waals surface area contributed by atoms with Crippen LogP contribution in [-0.4, -0.2) is 20.7 Å². The lowest BCUT2D eigenvalue weighted by atomic mass is 10.1. The van der Waals surface area contributed by atoms with Crippen molar-refractivity contribution in [2.75, 3.05) is 20.7 Å². The third kappa shape index (κ3) is 2.72. The second-order valence-corrected chi connectivity index (χ2v) is 4.12. The van der Waals surface area contributed by atoms with E-state index in [4.69, 9.17) is 4.74 Å². The second kappa shape index (κ2) is 5.37. The van der Waals surface area contributed by atoms with Crippen molar-refractivity contribution < 1.29 is 4.74 Å². The van der Waals surface area contributed by atoms with Crippen molar-refractivity contribution >= 4 is 15.9 Å². The number of aryl methyl sites for hydroxylation is 1. The molecule has 0 amide bonds. The molecule has 0 fully saturated rings. The lowest BCUT2D eigenvalue weighted by Gasteiger charge is -2.10. The number of ether oxygens (including phenoxy) is 1. The van der Waals surface area contributed by atoms with Gasteiger partial charge in [0.1, 0.15) is 5.75 Å². The van der Waals surface area contributed by atoms with E-state index in [-0.39, 0.29) is 0 Å². The summed E-state index contributed by atoms with van der Waals surface area (Å²) in [6, 6.07) is 4.20. The Hall–Kier alpha value is -0.540. The molecular weight excluding hydrogens is 242 g/mol. The minimum atomic E-state index is 0.899. The van der Waals surface area contributed by atoms with Crippen LogP contribution in [0.25, 0.3) is 0 Å². The molecule has 0 spiro atoms. The highest BCUT2D eigenvalue weighted by Crippen LogP contribution is 2.28. The molecule has 1 aromatic rings. The normalized spacial score (nSPS) is 10.3. The topological polar surface area (TPSA) is 21.3 Å². The largest absolute Gasteiger partial charge is 0.496 e. The van der Waals surface area contributed by atoms with Crippen LogP contribution in [0.1, 0.15) is 11.1 Å². The maximum absolute atomic E-state index is 5.22. The molecule has 2 nitrogen and oxygen atoms in total. The highest BCUT2D eigenvalue weighted by Gasteiger charge is 2.05. The molecule has 0 bridgehead atoms. The summed E-state index contributed by atoms with van der Waals surface area (Å²) in [6.45, 7) is 3.11. The summed E-state index contributed by atoms with van der Waals surface area (Å²) in [4.78, 5) is 0. The SMILES string of the molecule is CNCCc1cc(Br)c(OC)cc1C. The van der Waals surface area contributed by atoms with E-state index in [1.54, 1.807) is 7.11 Å². The molecule has 0 aliphatic rings. The lowest BCUT2D eigenvalue weighted by Crippen LogP contribution is -2.11. The summed E-state index contributed by atoms with van der Waals surface area (Å²) >= 11 is 3.49. The second-order valence-electron chi connectivity index (χ2n) is 3.27. The highest BCUT2D eigenvalue weighted by molar-refractivity contribution is 9.10. The van der Waals surface area contributed by atoms with Gasteiger partial charge in [-0.15, -0.1) is 0 Å². The smallest absolute Gasteiger partial charge is 0.133 e. The number of benzene rings is 1. The molecular formula is C11H16BrNO. The Kier molecular flexibility index (Phi) is 4.42. The minimum Gasteiger partial charge on any atom is -0.496 e. The summed E-state index contributed by atoms with van der Waals surface area (Å²) in [6.07, 6.45) is 1.05. The zero-order chi connectivity index (χ0) is 10.6. The number of rotatable bonds is 4. The fourth-order valence-electron chi connectivity index (χ4n) is 1.38. The maximum Gasteiger partial charge on any atom is 0.133 e. The summed E-state index contributed by atoms with van der Waals surface area (Å²) < 4.78 is 6.25. The molecule has 78 valence electrons. The monoisotopic (exact) mass is 257 g/mol. The fourth-order valence-corrected chi connectivity index (χ4v) is 1.93. The number of hydrogen-bond donors (Lipinski definition) is 1. The first-order chi connectivity index (χ1) is 6.69. The first-order valence-corrected chi connectivity index (χ1v) is 5.46. The number of likely N-dealkylation sites (N-methyl/N-ethyl adjacent to an activating group) is 1. The van der Waals surface area contributed by atoms with Crippen LogP contribution >= 0.6 is 15.9 Å². The van der Waals surface area contributed by atoms with Gasteiger partial charge in [-0.25, -0.2) is 0 Å². The van der Waals surface area contributed by atoms with Crippen molar-refractivity contribution in [1.29, 1.82) is 0 Å². The van der Waals surface area contributed by atoms with E-state index in [0.717, 1.165) is 23.2 Å². The van der Waals surface area contributed by atoms with Crippen LogP contribution in [0.2, 0.25) is 0 Å². The van der Waals surface area contributed by atoms with Gasteiger partial charge in [-0.05, 0) is 66.1 Å². The number of halogens is 1. The molecule has 0 radical (unpaired) electrons. The van der Waals surface area contributed by atoms with Crippen molar-refractivity contribution in [2.45, 2.75) is 13.3 Å². The lowest BCUT2D eigenvalue weighted by molar-refractivity contribution is 0.411. The van der Waals surface area contributed by atoms with E-state index in [9.17, 15) is 0 Å². The maximum atomic E-state index is 5.22. The number of nitrogens with one attached hydrogen (secondary N) is 1. The Morgan fingerprint density at radius 1 is 1.43 bits per heavy atom. The Morgan fingerprint density at radius 3 is 2.71 bits per heavy atom. The molecule has 0 unspecified atom stereocenters. The average molecular weight is 258 g/mol. The van der Waals surface area contributed by atoms with Gasteiger partial charge in [0.05, 0.1) is 11.6 Å². The van der Waals surface area contributed by atoms with Gasteiger partial charge in [-0.1, -0.05) is 0 Å². The van der Waals surface area contributed by atoms with Crippen molar-refractivity contribution in [3.8, 4) is 5.75 Å². The Morgan fingerprint density at radius 2 is 2.14 bits per heavy atom. The van der Waals surface area contributed by atoms with E-state index in [1.165, 1.54) is 11.1 Å². The van der Waals surface area contributed by atoms with Crippen LogP contribution in [0.5, 0.6) is 5.75 Å². The van der Waals surface area contributed by atoms with Crippen LogP contribution in [-0.2, 0) is 6.42 Å². The van der Waals surface area contributed by atoms with Gasteiger partial charge in [0.25, 0.3) is 0 Å². The van der Waals surface area contributed by atoms with Crippen LogP contribution < -0.4 is 10.1 Å². The molecule has 14 heavy (non-hydrogen) atoms. The zero-order valence-electron chi connectivity index (χ0n) is 8.86. The van der Waals surface area contributed by atoms with Crippen molar-refractivity contribution in [1.82, 2.24) is 5.32 Å². The van der Waals surface area contributed by atoms with Crippen molar-refractivity contribution in [3.05, 3.63) is 27.7 Å². The van der Waals surface area contributed by atoms with Crippen molar-refractivity contribution in [2.24, 2.45) is 0 Å². The average Bonchev–Trinajstić information content (AvgIpc) is 2.18. The van der Waals surface area contributed by atoms with Gasteiger partial charge in [-0.3, -0.25) is 0 Å². The molecule has 3 heteroatoms. The van der Waals surface area contributed by atoms with E-state index in [1.807, 2.05) is 7.05 Å². The third-order valence-corrected chi connectivity index (χ3v) is 2.87. The zero-order valence-corrected chi connectivity index (χ0v) is 10.4. The Labute approximate surface area is 93.8 Å². The molecule has 1 aromatic carbocycles. The van der Waals surface area contributed by atoms with Gasteiger partial charge in [0.15, 0.2) is 0 Å². The standard InChI is InChI=1S/C11H16BrNO/c1-8-6-11(14-3)10(12)7-9(8)4-5-13-2/h6-7,13H,4-5H2,1-3H3. The minimum absolute atomic E-state index is 0.899. The summed E-state index contributed by atoms with van der Waals surface area (Å²) in [5.41, 5.74) is 2.63. The Bertz CT molecular complexity index is 312. The molecule has 0 aliphatic heterocycles. The van der Waals surface area contributed by atoms with Gasteiger partial charge in [0.2, 0.25) is 0 Å². The number of methoxy groups -OCH3 is 1. The predicted molar refractivity (Wildman–Crippen MR) is 63.1 cm³/mol. The molecule has 0 atom stereocenters. The summed E-state index contributed by atoms with van der Waals surface area (Å²) in [5, 5.41) is 3.14. The first kappa shape index (κ1) is 11.5. The van der Waals surface area contributed by atoms with E-state index < -0.39 is 0 Å². The molecule has 0 saturated carbocycles. The predicted octanol–water partition coefficient (Wildman–Crippen LogP) is 2.53. The van der Waals surface area contributed by atoms with Gasteiger partial charge in [-0.2, -0.15) is 0 Å². The van der Waals surface area contributed by atoms with E-state index in [0.29, 0.717) is 0 Å². The molecule has 0 aromatic heterocycles. The van der Waals surface area contributed by atoms with Gasteiger partial charge in [0, 0.05) is 0 Å². The first-order valence-electron chi connectivity index (χ1n) is 4.66. The Balaban J connectivity index is 2.90. The quantitative estimate of drug-likeness (QED) is 0.896. The van der Waals surface area contributed by atoms with Gasteiger partial charge < -0.3 is 10.1 Å². The third-order valence-electron chi connectivity index (χ3n) is 2.25. The molecule has 0 aliphatic carbocycles. The molecule has 1 rings (SSSR count). The fraction of sp³-hybridized carbons (Fsp3) is 0.455. The number of hydrogen-bond acceptors (Lipinski definition) is 2. The van der Waals surface area contributed by atoms with E-state index >= 15 is 0 Å². The highest BCUT2D eigenvalue weighted by atomic mass is 79.9.